The SMILES string of the molecule is BrCC1=CC=CC=[C+]1.C.C.C.CCOC(=O)c1c(N2CCN(C(=O)c3ccco3)CC2)c2cc(C)ccc2[nH]c1=O.CCOC(=O)c1c(N2CCN(C(=O)c3ccco3)CC2)c2cc(C)ccc2n(Cc2ccccc2)c1=O.[H-].[Na+]. The summed E-state index contributed by atoms with van der Waals surface area (Å²) in [6.45, 7) is 11.7. The fourth-order valence-electron chi connectivity index (χ4n) is 9.20. The number of nitrogens with one attached hydrogen (secondary N) is 1. The summed E-state index contributed by atoms with van der Waals surface area (Å²) < 4.78 is 22.7. The van der Waals surface area contributed by atoms with Crippen molar-refractivity contribution < 1.29 is 68.5 Å². The maximum Gasteiger partial charge on any atom is 1.00 e. The predicted octanol–water partition coefficient (Wildman–Crippen LogP) is 7.92. The molecule has 412 valence electrons. The van der Waals surface area contributed by atoms with Gasteiger partial charge in [0.2, 0.25) is 0 Å². The number of allylic oxidation sites excluding steroid dienone is 6. The molecule has 6 heterocycles. The van der Waals surface area contributed by atoms with Gasteiger partial charge in [-0.15, -0.1) is 0 Å². The molecule has 3 aliphatic rings. The number of piperazine rings is 2. The van der Waals surface area contributed by atoms with Crippen LogP contribution in [0.1, 0.15) is 96.1 Å². The van der Waals surface area contributed by atoms with Crippen molar-refractivity contribution >= 4 is 72.9 Å². The standard InChI is InChI=1S/C29H29N3O5.C22H23N3O5.C7H6Br.3CH4.Na.H/c1-3-36-29(35)25-26(30-13-15-31(16-14-30)27(33)24-10-7-17-37-24)22-18-20(2)11-12-23(22)32(28(25)34)19-21-8-5-4-6-9-21;1-3-29-22(28)18-19(15-13-14(2)6-7-16(15)23-20(18)26)24-8-10-25(11-9-24)21(27)17-5-4-12-30-17;8-6-7-4-2-1-3-5-7;;;;;/h4-12,17-18H,3,13-16,19H2,1-2H3;4-7,12-13H,3,8-11H2,1-2H3,(H,23,26);1-4H,6H2;3*1H4;;/q;;+1;;;;+1;-1. The van der Waals surface area contributed by atoms with Crippen LogP contribution in [-0.2, 0) is 16.0 Å². The summed E-state index contributed by atoms with van der Waals surface area (Å²) in [6, 6.07) is 28.0. The molecule has 1 aliphatic carbocycles. The van der Waals surface area contributed by atoms with E-state index in [1.54, 1.807) is 52.5 Å². The van der Waals surface area contributed by atoms with Crippen LogP contribution < -0.4 is 50.5 Å². The van der Waals surface area contributed by atoms with Gasteiger partial charge in [-0.05, 0) is 81.8 Å². The van der Waals surface area contributed by atoms with Gasteiger partial charge in [-0.3, -0.25) is 19.2 Å². The van der Waals surface area contributed by atoms with Crippen molar-refractivity contribution in [3.8, 4) is 0 Å². The minimum Gasteiger partial charge on any atom is -1.00 e. The Bertz CT molecular complexity index is 3400. The van der Waals surface area contributed by atoms with E-state index < -0.39 is 17.5 Å². The number of H-pyrrole nitrogens is 1. The Kier molecular flexibility index (Phi) is 24.6. The number of furan rings is 2. The molecule has 16 nitrogen and oxygen atoms in total. The number of alkyl halides is 1. The third-order valence-electron chi connectivity index (χ3n) is 12.8. The average Bonchev–Trinajstić information content (AvgIpc) is 4.31. The molecule has 7 aromatic rings. The van der Waals surface area contributed by atoms with E-state index >= 15 is 0 Å². The Hall–Kier alpha value is -7.27. The van der Waals surface area contributed by atoms with E-state index in [4.69, 9.17) is 18.3 Å². The molecule has 0 radical (unpaired) electrons. The number of aryl methyl sites for hydroxylation is 2. The largest absolute Gasteiger partial charge is 1.00 e. The summed E-state index contributed by atoms with van der Waals surface area (Å²) in [5.41, 5.74) is 5.87. The summed E-state index contributed by atoms with van der Waals surface area (Å²) in [6.07, 6.45) is 13.9. The van der Waals surface area contributed by atoms with Gasteiger partial charge >= 0.3 is 41.5 Å². The molecular formula is C61H71BrN6NaO10+. The van der Waals surface area contributed by atoms with Crippen LogP contribution in [0.15, 0.2) is 152 Å². The van der Waals surface area contributed by atoms with Gasteiger partial charge in [0, 0.05) is 81.4 Å². The number of amides is 2. The first-order valence-corrected chi connectivity index (χ1v) is 25.9. The van der Waals surface area contributed by atoms with E-state index in [2.05, 4.69) is 27.0 Å². The van der Waals surface area contributed by atoms with Crippen LogP contribution in [-0.4, -0.2) is 114 Å². The van der Waals surface area contributed by atoms with Crippen molar-refractivity contribution in [2.24, 2.45) is 0 Å². The number of benzene rings is 3. The molecule has 0 saturated carbocycles. The van der Waals surface area contributed by atoms with Crippen LogP contribution in [0.5, 0.6) is 0 Å². The van der Waals surface area contributed by atoms with Crippen LogP contribution in [0, 0.1) is 19.9 Å². The molecule has 2 saturated heterocycles. The van der Waals surface area contributed by atoms with Gasteiger partial charge in [-0.2, -0.15) is 0 Å². The van der Waals surface area contributed by atoms with Gasteiger partial charge in [0.1, 0.15) is 22.8 Å². The second-order valence-electron chi connectivity index (χ2n) is 17.8. The maximum absolute atomic E-state index is 13.9. The van der Waals surface area contributed by atoms with Crippen LogP contribution in [0.4, 0.5) is 11.4 Å². The van der Waals surface area contributed by atoms with E-state index in [0.717, 1.165) is 38.3 Å². The number of hydrogen-bond donors (Lipinski definition) is 1. The molecule has 2 aliphatic heterocycles. The quantitative estimate of drug-likeness (QED) is 0.0573. The number of rotatable bonds is 11. The van der Waals surface area contributed by atoms with E-state index in [-0.39, 0.29) is 95.0 Å². The first-order chi connectivity index (χ1) is 36.4. The molecule has 0 spiro atoms. The number of esters is 2. The Morgan fingerprint density at radius 1 is 0.658 bits per heavy atom. The Morgan fingerprint density at radius 2 is 1.18 bits per heavy atom. The molecule has 2 fully saturated rings. The zero-order valence-electron chi connectivity index (χ0n) is 44.3. The number of carbonyl (C=O) groups excluding carboxylic acids is 4. The minimum atomic E-state index is -0.647. The van der Waals surface area contributed by atoms with Gasteiger partial charge in [0.05, 0.1) is 66.1 Å². The first-order valence-electron chi connectivity index (χ1n) is 24.8. The van der Waals surface area contributed by atoms with Gasteiger partial charge in [0.25, 0.3) is 22.9 Å². The van der Waals surface area contributed by atoms with Gasteiger partial charge in [0.15, 0.2) is 11.5 Å². The van der Waals surface area contributed by atoms with Crippen LogP contribution in [0.3, 0.4) is 0 Å². The van der Waals surface area contributed by atoms with E-state index in [1.165, 1.54) is 18.1 Å². The van der Waals surface area contributed by atoms with Crippen LogP contribution in [0.2, 0.25) is 0 Å². The third-order valence-corrected chi connectivity index (χ3v) is 13.4. The molecule has 10 rings (SSSR count). The van der Waals surface area contributed by atoms with Gasteiger partial charge in [-0.25, -0.2) is 9.59 Å². The molecular weight excluding hydrogens is 1080 g/mol. The molecule has 0 atom stereocenters. The molecule has 0 bridgehead atoms. The Morgan fingerprint density at radius 3 is 1.66 bits per heavy atom. The normalized spacial score (nSPS) is 13.4. The van der Waals surface area contributed by atoms with Crippen molar-refractivity contribution in [3.63, 3.8) is 0 Å². The molecule has 0 unspecified atom stereocenters. The van der Waals surface area contributed by atoms with Crippen molar-refractivity contribution in [2.45, 2.75) is 56.5 Å². The average molecular weight is 1150 g/mol. The molecule has 79 heavy (non-hydrogen) atoms. The number of aromatic nitrogens is 2. The smallest absolute Gasteiger partial charge is 1.00 e. The fraction of sp³-hybridized carbons (Fsp3) is 0.311. The Labute approximate surface area is 494 Å². The van der Waals surface area contributed by atoms with E-state index in [0.29, 0.717) is 87.3 Å². The summed E-state index contributed by atoms with van der Waals surface area (Å²) >= 11 is 3.33. The maximum atomic E-state index is 13.9. The molecule has 3 aromatic carbocycles. The summed E-state index contributed by atoms with van der Waals surface area (Å²) in [4.78, 5) is 88.2. The molecule has 4 aromatic heterocycles. The number of halogens is 1. The number of anilines is 2. The summed E-state index contributed by atoms with van der Waals surface area (Å²) in [7, 11) is 0. The third kappa shape index (κ3) is 15.1. The monoisotopic (exact) mass is 1150 g/mol. The summed E-state index contributed by atoms with van der Waals surface area (Å²) in [5.74, 6) is -1.03. The van der Waals surface area contributed by atoms with Crippen molar-refractivity contribution in [1.82, 2.24) is 19.4 Å². The van der Waals surface area contributed by atoms with Crippen molar-refractivity contribution in [1.29, 1.82) is 0 Å². The zero-order valence-corrected chi connectivity index (χ0v) is 46.9. The van der Waals surface area contributed by atoms with Crippen molar-refractivity contribution in [3.05, 3.63) is 200 Å². The topological polar surface area (TPSA) is 181 Å². The predicted molar refractivity (Wildman–Crippen MR) is 313 cm³/mol. The number of ether oxygens (including phenoxy) is 2. The van der Waals surface area contributed by atoms with Crippen LogP contribution >= 0.6 is 15.9 Å². The number of pyridine rings is 2. The number of fused-ring (bicyclic) bond motifs is 2. The summed E-state index contributed by atoms with van der Waals surface area (Å²) in [5, 5.41) is 2.49. The van der Waals surface area contributed by atoms with E-state index in [9.17, 15) is 28.8 Å². The minimum absolute atomic E-state index is 0. The number of carbonyl (C=O) groups is 4. The second kappa shape index (κ2) is 30.2. The Balaban J connectivity index is 0.000000354. The second-order valence-corrected chi connectivity index (χ2v) is 18.4. The number of aromatic amines is 1. The zero-order chi connectivity index (χ0) is 53.0. The molecule has 1 N–H and O–H groups in total. The van der Waals surface area contributed by atoms with Gasteiger partial charge < -0.3 is 48.9 Å². The van der Waals surface area contributed by atoms with E-state index in [1.807, 2.05) is 115 Å². The number of hydrogen-bond acceptors (Lipinski definition) is 12. The fourth-order valence-corrected chi connectivity index (χ4v) is 9.55. The van der Waals surface area contributed by atoms with Crippen molar-refractivity contribution in [2.75, 3.05) is 80.7 Å². The molecule has 18 heteroatoms. The van der Waals surface area contributed by atoms with Gasteiger partial charge in [-0.1, -0.05) is 91.8 Å². The van der Waals surface area contributed by atoms with Crippen LogP contribution in [0.25, 0.3) is 21.8 Å². The number of nitrogens with zero attached hydrogens (tertiary/aromatic N) is 5. The molecule has 2 amide bonds. The first kappa shape index (κ1) is 64.3.